The van der Waals surface area contributed by atoms with E-state index in [9.17, 15) is 18.2 Å². The van der Waals surface area contributed by atoms with Crippen LogP contribution in [0.2, 0.25) is 0 Å². The highest BCUT2D eigenvalue weighted by Crippen LogP contribution is 2.24. The maximum absolute atomic E-state index is 12.1. The fourth-order valence-corrected chi connectivity index (χ4v) is 4.75. The van der Waals surface area contributed by atoms with Crippen molar-refractivity contribution in [3.8, 4) is 0 Å². The first-order chi connectivity index (χ1) is 7.53. The molecule has 0 spiro atoms. The molecule has 5 nitrogen and oxygen atoms in total. The van der Waals surface area contributed by atoms with E-state index in [0.29, 0.717) is 6.42 Å². The van der Waals surface area contributed by atoms with E-state index in [1.165, 1.54) is 18.9 Å². The summed E-state index contributed by atoms with van der Waals surface area (Å²) in [5, 5.41) is 0. The van der Waals surface area contributed by atoms with E-state index in [2.05, 4.69) is 10.7 Å². The Morgan fingerprint density at radius 3 is 1.94 bits per heavy atom. The molecule has 0 saturated carbocycles. The van der Waals surface area contributed by atoms with Gasteiger partial charge in [-0.1, -0.05) is 48.4 Å². The lowest BCUT2D eigenvalue weighted by Gasteiger charge is -2.33. The van der Waals surface area contributed by atoms with E-state index in [1.54, 1.807) is 0 Å². The molecule has 0 aromatic heterocycles. The number of rotatable bonds is 9. The molecule has 0 aromatic carbocycles. The Morgan fingerprint density at radius 1 is 1.00 bits per heavy atom. The summed E-state index contributed by atoms with van der Waals surface area (Å²) in [6.07, 6.45) is 8.34. The average Bonchev–Trinajstić information content (AvgIpc) is 2.05. The van der Waals surface area contributed by atoms with Crippen molar-refractivity contribution in [3.63, 3.8) is 0 Å². The SMILES string of the molecule is CCCCCCCCS(C)(C)(=O)O[Cl+3]([O-])([O-])[O-]. The standard InChI is InChI=1S/C10H23ClO5S/c1-4-5-6-7-8-9-10-17(2,3,15)16-11(12,13)14/h4-10H2,1-3H3. The quantitative estimate of drug-likeness (QED) is 0.521. The van der Waals surface area contributed by atoms with Crippen molar-refractivity contribution < 1.29 is 32.2 Å². The van der Waals surface area contributed by atoms with Crippen LogP contribution in [0.4, 0.5) is 0 Å². The molecule has 0 amide bonds. The minimum Gasteiger partial charge on any atom is -0.196 e. The molecule has 0 aromatic rings. The molecule has 17 heavy (non-hydrogen) atoms. The van der Waals surface area contributed by atoms with Crippen molar-refractivity contribution in [1.29, 1.82) is 0 Å². The van der Waals surface area contributed by atoms with Crippen LogP contribution in [0.5, 0.6) is 0 Å². The predicted molar refractivity (Wildman–Crippen MR) is 59.3 cm³/mol. The van der Waals surface area contributed by atoms with Crippen LogP contribution in [-0.2, 0) is 13.1 Å². The molecule has 7 heteroatoms. The zero-order chi connectivity index (χ0) is 13.6. The van der Waals surface area contributed by atoms with Gasteiger partial charge in [-0.25, -0.2) is 0 Å². The van der Waals surface area contributed by atoms with Gasteiger partial charge in [0.1, 0.15) is 10.2 Å². The first-order valence-electron chi connectivity index (χ1n) is 5.76. The summed E-state index contributed by atoms with van der Waals surface area (Å²) >= 11 is 0. The Hall–Kier alpha value is 0.280. The molecule has 0 aliphatic rings. The summed E-state index contributed by atoms with van der Waals surface area (Å²) in [6.45, 7) is 2.12. The number of unbranched alkanes of at least 4 members (excludes halogenated alkanes) is 5. The van der Waals surface area contributed by atoms with Crippen LogP contribution in [0.1, 0.15) is 45.4 Å². The molecule has 0 bridgehead atoms. The van der Waals surface area contributed by atoms with Gasteiger partial charge in [0.2, 0.25) is 0 Å². The van der Waals surface area contributed by atoms with E-state index in [1.807, 2.05) is 0 Å². The van der Waals surface area contributed by atoms with E-state index in [0.717, 1.165) is 25.7 Å². The van der Waals surface area contributed by atoms with Crippen LogP contribution in [0.3, 0.4) is 0 Å². The van der Waals surface area contributed by atoms with Gasteiger partial charge in [-0.15, -0.1) is 0 Å². The Kier molecular flexibility index (Phi) is 6.55. The lowest BCUT2D eigenvalue weighted by atomic mass is 10.1. The first-order valence-corrected chi connectivity index (χ1v) is 9.87. The molecule has 0 saturated heterocycles. The van der Waals surface area contributed by atoms with Crippen molar-refractivity contribution in [1.82, 2.24) is 0 Å². The zero-order valence-electron chi connectivity index (χ0n) is 10.8. The second-order valence-corrected chi connectivity index (χ2v) is 10.4. The van der Waals surface area contributed by atoms with Crippen molar-refractivity contribution in [2.75, 3.05) is 18.3 Å². The Morgan fingerprint density at radius 2 is 1.47 bits per heavy atom. The van der Waals surface area contributed by atoms with Gasteiger partial charge in [0.25, 0.3) is 0 Å². The largest absolute Gasteiger partial charge is 0.196 e. The van der Waals surface area contributed by atoms with E-state index < -0.39 is 19.6 Å². The monoisotopic (exact) mass is 290 g/mol. The first kappa shape index (κ1) is 17.3. The number of hydrogen-bond donors (Lipinski definition) is 0. The Bertz CT molecular complexity index is 281. The minimum absolute atomic E-state index is 0.109. The van der Waals surface area contributed by atoms with Gasteiger partial charge < -0.3 is 0 Å². The van der Waals surface area contributed by atoms with Gasteiger partial charge in [-0.2, -0.15) is 18.2 Å². The summed E-state index contributed by atoms with van der Waals surface area (Å²) in [6, 6.07) is 0. The summed E-state index contributed by atoms with van der Waals surface area (Å²) in [5.41, 5.74) is 0. The van der Waals surface area contributed by atoms with Crippen LogP contribution < -0.4 is 14.0 Å². The highest BCUT2D eigenvalue weighted by atomic mass is 35.7. The van der Waals surface area contributed by atoms with Crippen LogP contribution in [0.25, 0.3) is 0 Å². The third-order valence-corrected chi connectivity index (χ3v) is 5.97. The van der Waals surface area contributed by atoms with Crippen LogP contribution in [-0.4, -0.2) is 22.5 Å². The molecule has 0 rings (SSSR count). The van der Waals surface area contributed by atoms with Crippen molar-refractivity contribution in [3.05, 3.63) is 0 Å². The third kappa shape index (κ3) is 11.1. The Balaban J connectivity index is 3.96. The van der Waals surface area contributed by atoms with Gasteiger partial charge in [-0.3, -0.25) is 0 Å². The van der Waals surface area contributed by atoms with E-state index in [4.69, 9.17) is 0 Å². The molecule has 0 N–H and O–H groups in total. The Labute approximate surface area is 105 Å². The summed E-state index contributed by atoms with van der Waals surface area (Å²) in [4.78, 5) is 0. The zero-order valence-corrected chi connectivity index (χ0v) is 12.3. The van der Waals surface area contributed by atoms with Gasteiger partial charge >= 0.3 is 0 Å². The van der Waals surface area contributed by atoms with Crippen LogP contribution in [0, 0.1) is 10.2 Å². The lowest BCUT2D eigenvalue weighted by Crippen LogP contribution is -2.65. The van der Waals surface area contributed by atoms with Gasteiger partial charge in [0.15, 0.2) is 3.74 Å². The fraction of sp³-hybridized carbons (Fsp3) is 1.00. The predicted octanol–water partition coefficient (Wildman–Crippen LogP) is -0.744. The van der Waals surface area contributed by atoms with E-state index >= 15 is 0 Å². The van der Waals surface area contributed by atoms with Crippen molar-refractivity contribution >= 4 is 9.35 Å². The average molecular weight is 291 g/mol. The third-order valence-electron chi connectivity index (χ3n) is 2.35. The van der Waals surface area contributed by atoms with Crippen molar-refractivity contribution in [2.45, 2.75) is 45.4 Å². The molecule has 0 unspecified atom stereocenters. The molecule has 106 valence electrons. The van der Waals surface area contributed by atoms with Crippen molar-refractivity contribution in [2.24, 2.45) is 0 Å². The second-order valence-electron chi connectivity index (χ2n) is 4.87. The molecule has 0 radical (unpaired) electrons. The van der Waals surface area contributed by atoms with E-state index in [-0.39, 0.29) is 5.75 Å². The molecule has 0 aliphatic carbocycles. The maximum atomic E-state index is 12.1. The highest BCUT2D eigenvalue weighted by Gasteiger charge is 2.37. The fourth-order valence-electron chi connectivity index (χ4n) is 1.56. The van der Waals surface area contributed by atoms with Gasteiger partial charge in [0.05, 0.1) is 0 Å². The second kappa shape index (κ2) is 6.45. The molecule has 0 fully saturated rings. The van der Waals surface area contributed by atoms with Gasteiger partial charge in [0, 0.05) is 18.3 Å². The minimum atomic E-state index is -4.63. The normalized spacial score (nSPS) is 15.5. The number of halogens is 1. The smallest absolute Gasteiger partial charge is 0.190 e. The molecule has 0 heterocycles. The molecular formula is C10H23ClO5S. The number of hydrogen-bond acceptors (Lipinski definition) is 5. The summed E-state index contributed by atoms with van der Waals surface area (Å²) < 4.78 is 47.6. The molecular weight excluding hydrogens is 268 g/mol. The van der Waals surface area contributed by atoms with Crippen LogP contribution >= 0.6 is 0 Å². The maximum Gasteiger partial charge on any atom is 0.190 e. The molecule has 0 aliphatic heterocycles. The van der Waals surface area contributed by atoms with Gasteiger partial charge in [-0.05, 0) is 6.42 Å². The lowest BCUT2D eigenvalue weighted by molar-refractivity contribution is -1.91. The van der Waals surface area contributed by atoms with Crippen LogP contribution in [0.15, 0.2) is 0 Å². The summed E-state index contributed by atoms with van der Waals surface area (Å²) in [7, 11) is -8.41. The highest BCUT2D eigenvalue weighted by molar-refractivity contribution is 8.14. The topological polar surface area (TPSA) is 95.5 Å². The summed E-state index contributed by atoms with van der Waals surface area (Å²) in [5.74, 6) is 0.109. The molecule has 0 atom stereocenters.